The van der Waals surface area contributed by atoms with Gasteiger partial charge in [-0.1, -0.05) is 25.9 Å². The van der Waals surface area contributed by atoms with E-state index in [2.05, 4.69) is 5.16 Å². The van der Waals surface area contributed by atoms with E-state index in [4.69, 9.17) is 14.3 Å². The van der Waals surface area contributed by atoms with E-state index in [-0.39, 0.29) is 30.6 Å². The zero-order valence-corrected chi connectivity index (χ0v) is 21.5. The van der Waals surface area contributed by atoms with Gasteiger partial charge >= 0.3 is 5.97 Å². The Kier molecular flexibility index (Phi) is 11.9. The molecule has 1 fully saturated rings. The molecule has 9 heteroatoms. The molecule has 0 aliphatic carbocycles. The smallest absolute Gasteiger partial charge is 0.316 e. The molecule has 33 heavy (non-hydrogen) atoms. The molecule has 0 amide bonds. The van der Waals surface area contributed by atoms with Crippen LogP contribution in [0.5, 0.6) is 0 Å². The number of ketones is 1. The monoisotopic (exact) mass is 472 g/mol. The first kappa shape index (κ1) is 29.5. The van der Waals surface area contributed by atoms with Crippen molar-refractivity contribution in [3.05, 3.63) is 0 Å². The lowest BCUT2D eigenvalue weighted by Crippen LogP contribution is -2.56. The van der Waals surface area contributed by atoms with Crippen LogP contribution in [0, 0.1) is 17.8 Å². The van der Waals surface area contributed by atoms with Crippen molar-refractivity contribution in [3.63, 3.8) is 0 Å². The average molecular weight is 473 g/mol. The van der Waals surface area contributed by atoms with Crippen molar-refractivity contribution in [2.75, 3.05) is 34.4 Å². The van der Waals surface area contributed by atoms with Gasteiger partial charge in [-0.05, 0) is 47.2 Å². The number of aliphatic hydroxyl groups is 2. The fourth-order valence-corrected chi connectivity index (χ4v) is 4.18. The Bertz CT molecular complexity index is 665. The van der Waals surface area contributed by atoms with E-state index < -0.39 is 35.6 Å². The van der Waals surface area contributed by atoms with Crippen molar-refractivity contribution in [1.82, 2.24) is 4.90 Å². The molecule has 4 unspecified atom stereocenters. The Morgan fingerprint density at radius 2 is 1.88 bits per heavy atom. The standard InChI is InChI=1S/C24H44N2O7/c1-9-20-24(5,30)22(28)17(4)21(25-32-13-12-26(6)7)15(2)14-18(31-8)10-11-19(27)16(3)23(29)33-20/h15-18,20,22,28,30H,9-14H2,1-8H3/b25-21+/t15-,16?,17?,18?,20-,22?,24-/m1/s1. The number of methoxy groups -OCH3 is 1. The molecule has 2 N–H and O–H groups in total. The minimum atomic E-state index is -1.76. The highest BCUT2D eigenvalue weighted by Gasteiger charge is 2.46. The fraction of sp³-hybridized carbons (Fsp3) is 0.875. The number of hydrogen-bond donors (Lipinski definition) is 2. The van der Waals surface area contributed by atoms with E-state index in [0.29, 0.717) is 31.7 Å². The van der Waals surface area contributed by atoms with Gasteiger partial charge in [-0.25, -0.2) is 0 Å². The van der Waals surface area contributed by atoms with Gasteiger partial charge in [-0.15, -0.1) is 0 Å². The Morgan fingerprint density at radius 1 is 1.24 bits per heavy atom. The van der Waals surface area contributed by atoms with Crippen LogP contribution in [0.2, 0.25) is 0 Å². The molecule has 0 bridgehead atoms. The van der Waals surface area contributed by atoms with Crippen molar-refractivity contribution in [2.24, 2.45) is 22.9 Å². The minimum Gasteiger partial charge on any atom is -0.459 e. The summed E-state index contributed by atoms with van der Waals surface area (Å²) in [4.78, 5) is 32.7. The van der Waals surface area contributed by atoms with Gasteiger partial charge in [-0.3, -0.25) is 9.59 Å². The van der Waals surface area contributed by atoms with Gasteiger partial charge in [0.05, 0.1) is 17.9 Å². The van der Waals surface area contributed by atoms with Gasteiger partial charge in [0, 0.05) is 31.9 Å². The lowest BCUT2D eigenvalue weighted by molar-refractivity contribution is -0.186. The summed E-state index contributed by atoms with van der Waals surface area (Å²) in [7, 11) is 5.45. The maximum absolute atomic E-state index is 12.6. The highest BCUT2D eigenvalue weighted by molar-refractivity contribution is 5.98. The molecule has 1 aliphatic heterocycles. The van der Waals surface area contributed by atoms with Crippen LogP contribution >= 0.6 is 0 Å². The van der Waals surface area contributed by atoms with E-state index >= 15 is 0 Å². The lowest BCUT2D eigenvalue weighted by Gasteiger charge is -2.40. The molecule has 1 heterocycles. The summed E-state index contributed by atoms with van der Waals surface area (Å²) in [6.45, 7) is 9.50. The molecular weight excluding hydrogens is 428 g/mol. The van der Waals surface area contributed by atoms with Crippen LogP contribution in [0.15, 0.2) is 5.16 Å². The highest BCUT2D eigenvalue weighted by atomic mass is 16.6. The zero-order valence-electron chi connectivity index (χ0n) is 21.5. The number of aliphatic hydroxyl groups excluding tert-OH is 1. The second kappa shape index (κ2) is 13.4. The molecule has 0 aromatic rings. The molecule has 0 aromatic heterocycles. The van der Waals surface area contributed by atoms with Crippen LogP contribution in [0.4, 0.5) is 0 Å². The van der Waals surface area contributed by atoms with Crippen molar-refractivity contribution >= 4 is 17.5 Å². The van der Waals surface area contributed by atoms with Gasteiger partial charge in [0.2, 0.25) is 0 Å². The van der Waals surface area contributed by atoms with E-state index in [1.54, 1.807) is 21.0 Å². The number of carbonyl (C=O) groups is 2. The first-order chi connectivity index (χ1) is 15.4. The number of rotatable bonds is 6. The van der Waals surface area contributed by atoms with E-state index in [0.717, 1.165) is 0 Å². The van der Waals surface area contributed by atoms with Gasteiger partial charge in [0.25, 0.3) is 0 Å². The number of cyclic esters (lactones) is 1. The normalized spacial score (nSPS) is 36.5. The van der Waals surface area contributed by atoms with Crippen LogP contribution in [-0.2, 0) is 23.9 Å². The number of likely N-dealkylation sites (N-methyl/N-ethyl adjacent to an activating group) is 1. The molecule has 1 saturated heterocycles. The molecule has 7 atom stereocenters. The number of nitrogens with zero attached hydrogens (tertiary/aromatic N) is 2. The third kappa shape index (κ3) is 8.31. The highest BCUT2D eigenvalue weighted by Crippen LogP contribution is 2.31. The third-order valence-electron chi connectivity index (χ3n) is 6.62. The number of Topliss-reactive ketones (excluding diaryl/α,β-unsaturated/α-hetero) is 1. The van der Waals surface area contributed by atoms with E-state index in [9.17, 15) is 19.8 Å². The number of esters is 1. The van der Waals surface area contributed by atoms with E-state index in [1.807, 2.05) is 25.9 Å². The Morgan fingerprint density at radius 3 is 2.42 bits per heavy atom. The van der Waals surface area contributed by atoms with Gasteiger partial charge in [0.1, 0.15) is 30.0 Å². The number of carbonyl (C=O) groups excluding carboxylic acids is 2. The maximum atomic E-state index is 12.6. The Labute approximate surface area is 198 Å². The summed E-state index contributed by atoms with van der Waals surface area (Å²) in [5.41, 5.74) is -1.18. The van der Waals surface area contributed by atoms with E-state index in [1.165, 1.54) is 13.8 Å². The van der Waals surface area contributed by atoms with Gasteiger partial charge in [-0.2, -0.15) is 0 Å². The van der Waals surface area contributed by atoms with Crippen LogP contribution in [0.3, 0.4) is 0 Å². The van der Waals surface area contributed by atoms with Crippen molar-refractivity contribution in [2.45, 2.75) is 84.2 Å². The average Bonchev–Trinajstić information content (AvgIpc) is 2.76. The molecule has 0 saturated carbocycles. The lowest BCUT2D eigenvalue weighted by atomic mass is 9.78. The van der Waals surface area contributed by atoms with Crippen molar-refractivity contribution < 1.29 is 34.1 Å². The summed E-state index contributed by atoms with van der Waals surface area (Å²) >= 11 is 0. The van der Waals surface area contributed by atoms with Crippen LogP contribution in [0.25, 0.3) is 0 Å². The molecule has 0 radical (unpaired) electrons. The second-order valence-electron chi connectivity index (χ2n) is 9.67. The predicted molar refractivity (Wildman–Crippen MR) is 126 cm³/mol. The summed E-state index contributed by atoms with van der Waals surface area (Å²) in [6.07, 6.45) is -1.06. The molecule has 0 spiro atoms. The minimum absolute atomic E-state index is 0.146. The van der Waals surface area contributed by atoms with Crippen molar-refractivity contribution in [3.8, 4) is 0 Å². The quantitative estimate of drug-likeness (QED) is 0.261. The molecular formula is C24H44N2O7. The second-order valence-corrected chi connectivity index (χ2v) is 9.67. The summed E-state index contributed by atoms with van der Waals surface area (Å²) < 4.78 is 11.1. The molecule has 1 aliphatic rings. The SMILES string of the molecule is CC[C@H]1OC(=O)C(C)C(=O)CCC(OC)C[C@@H](C)/C(=N\OCCN(C)C)C(C)C(O)[C@]1(C)O. The number of hydrogen-bond acceptors (Lipinski definition) is 9. The fourth-order valence-electron chi connectivity index (χ4n) is 4.18. The van der Waals surface area contributed by atoms with Crippen molar-refractivity contribution in [1.29, 1.82) is 0 Å². The first-order valence-electron chi connectivity index (χ1n) is 11.9. The Balaban J connectivity index is 3.35. The first-order valence-corrected chi connectivity index (χ1v) is 11.9. The van der Waals surface area contributed by atoms with Crippen LogP contribution < -0.4 is 0 Å². The van der Waals surface area contributed by atoms with Gasteiger partial charge in [0.15, 0.2) is 0 Å². The summed E-state index contributed by atoms with van der Waals surface area (Å²) in [5.74, 6) is -2.62. The third-order valence-corrected chi connectivity index (χ3v) is 6.62. The number of oxime groups is 1. The molecule has 9 nitrogen and oxygen atoms in total. The van der Waals surface area contributed by atoms with Crippen LogP contribution in [-0.4, -0.2) is 90.8 Å². The molecule has 0 aromatic carbocycles. The van der Waals surface area contributed by atoms with Gasteiger partial charge < -0.3 is 29.4 Å². The summed E-state index contributed by atoms with van der Waals surface area (Å²) in [5, 5.41) is 26.8. The summed E-state index contributed by atoms with van der Waals surface area (Å²) in [6, 6.07) is 0. The maximum Gasteiger partial charge on any atom is 0.316 e. The topological polar surface area (TPSA) is 118 Å². The largest absolute Gasteiger partial charge is 0.459 e. The predicted octanol–water partition coefficient (Wildman–Crippen LogP) is 2.03. The Hall–Kier alpha value is -1.55. The van der Waals surface area contributed by atoms with Crippen LogP contribution in [0.1, 0.15) is 60.3 Å². The molecule has 1 rings (SSSR count). The molecule has 192 valence electrons. The number of ether oxygens (including phenoxy) is 2. The zero-order chi connectivity index (χ0) is 25.3.